The lowest BCUT2D eigenvalue weighted by atomic mass is 10.1. The van der Waals surface area contributed by atoms with Crippen LogP contribution in [-0.2, 0) is 28.6 Å². The van der Waals surface area contributed by atoms with Crippen molar-refractivity contribution in [1.82, 2.24) is 4.98 Å². The molecule has 3 rings (SSSR count). The highest BCUT2D eigenvalue weighted by atomic mass is 32.2. The number of pyridine rings is 1. The molecule has 1 aliphatic rings. The van der Waals surface area contributed by atoms with E-state index in [1.165, 1.54) is 38.7 Å². The van der Waals surface area contributed by atoms with Gasteiger partial charge in [-0.2, -0.15) is 0 Å². The minimum Gasteiger partial charge on any atom is -0.497 e. The van der Waals surface area contributed by atoms with E-state index in [4.69, 9.17) is 23.7 Å². The summed E-state index contributed by atoms with van der Waals surface area (Å²) >= 11 is 1.28. The normalized spacial score (nSPS) is 22.1. The van der Waals surface area contributed by atoms with E-state index in [0.717, 1.165) is 11.1 Å². The Labute approximate surface area is 195 Å². The molecule has 0 spiro atoms. The van der Waals surface area contributed by atoms with Crippen LogP contribution in [0.4, 0.5) is 0 Å². The number of carbonyl (C=O) groups is 3. The van der Waals surface area contributed by atoms with E-state index in [1.807, 2.05) is 24.3 Å². The average Bonchev–Trinajstić information content (AvgIpc) is 2.77. The van der Waals surface area contributed by atoms with Gasteiger partial charge in [-0.05, 0) is 23.8 Å². The lowest BCUT2D eigenvalue weighted by molar-refractivity contribution is -0.186. The molecule has 10 heteroatoms. The summed E-state index contributed by atoms with van der Waals surface area (Å²) in [6.07, 6.45) is 0.416. The Bertz CT molecular complexity index is 1010. The molecule has 1 saturated heterocycles. The Morgan fingerprint density at radius 3 is 2.21 bits per heavy atom. The summed E-state index contributed by atoms with van der Waals surface area (Å²) in [5.41, 5.74) is 0.950. The van der Waals surface area contributed by atoms with Gasteiger partial charge in [-0.3, -0.25) is 19.4 Å². The van der Waals surface area contributed by atoms with Gasteiger partial charge in [-0.25, -0.2) is 0 Å². The van der Waals surface area contributed by atoms with Gasteiger partial charge in [-0.15, -0.1) is 11.8 Å². The fourth-order valence-corrected chi connectivity index (χ4v) is 4.60. The monoisotopic (exact) mass is 475 g/mol. The minimum atomic E-state index is -1.02. The third kappa shape index (κ3) is 6.61. The van der Waals surface area contributed by atoms with Crippen molar-refractivity contribution >= 4 is 29.7 Å². The maximum Gasteiger partial charge on any atom is 0.303 e. The molecule has 0 amide bonds. The number of esters is 3. The second kappa shape index (κ2) is 11.0. The molecule has 1 fully saturated rings. The molecule has 0 saturated carbocycles. The van der Waals surface area contributed by atoms with Gasteiger partial charge in [0.2, 0.25) is 0 Å². The van der Waals surface area contributed by atoms with Crippen molar-refractivity contribution in [2.75, 3.05) is 12.9 Å². The van der Waals surface area contributed by atoms with Crippen LogP contribution in [-0.4, -0.2) is 59.5 Å². The fourth-order valence-electron chi connectivity index (χ4n) is 3.39. The van der Waals surface area contributed by atoms with Gasteiger partial charge < -0.3 is 23.7 Å². The molecule has 4 atom stereocenters. The predicted molar refractivity (Wildman–Crippen MR) is 120 cm³/mol. The van der Waals surface area contributed by atoms with Crippen molar-refractivity contribution in [3.63, 3.8) is 0 Å². The molecule has 1 aliphatic heterocycles. The van der Waals surface area contributed by atoms with Crippen LogP contribution in [0.1, 0.15) is 20.8 Å². The molecule has 0 aliphatic carbocycles. The van der Waals surface area contributed by atoms with Gasteiger partial charge in [0, 0.05) is 38.3 Å². The first-order valence-electron chi connectivity index (χ1n) is 10.2. The Kier molecular flexibility index (Phi) is 8.16. The highest BCUT2D eigenvalue weighted by Gasteiger charge is 2.47. The number of benzene rings is 1. The first-order chi connectivity index (χ1) is 15.8. The molecule has 0 N–H and O–H groups in total. The van der Waals surface area contributed by atoms with Crippen LogP contribution in [0.5, 0.6) is 11.5 Å². The topological polar surface area (TPSA) is 110 Å². The molecule has 0 unspecified atom stereocenters. The Morgan fingerprint density at radius 1 is 0.879 bits per heavy atom. The van der Waals surface area contributed by atoms with Crippen LogP contribution < -0.4 is 9.47 Å². The number of ether oxygens (including phenoxy) is 5. The molecule has 2 aromatic rings. The number of hydrogen-bond donors (Lipinski definition) is 0. The molecule has 1 aromatic carbocycles. The fraction of sp³-hybridized carbons (Fsp3) is 0.391. The second-order valence-corrected chi connectivity index (χ2v) is 8.39. The van der Waals surface area contributed by atoms with Crippen molar-refractivity contribution in [2.45, 2.75) is 44.5 Å². The average molecular weight is 476 g/mol. The third-order valence-corrected chi connectivity index (χ3v) is 5.89. The molecule has 0 bridgehead atoms. The van der Waals surface area contributed by atoms with Crippen LogP contribution in [0.25, 0.3) is 11.1 Å². The molecule has 0 radical (unpaired) electrons. The number of methoxy groups -OCH3 is 1. The summed E-state index contributed by atoms with van der Waals surface area (Å²) in [5.74, 6) is -0.299. The van der Waals surface area contributed by atoms with Crippen molar-refractivity contribution in [2.24, 2.45) is 0 Å². The Morgan fingerprint density at radius 2 is 1.55 bits per heavy atom. The molecule has 1 aromatic heterocycles. The molecule has 2 heterocycles. The third-order valence-electron chi connectivity index (χ3n) is 4.67. The zero-order valence-corrected chi connectivity index (χ0v) is 19.5. The number of rotatable bonds is 7. The molecule has 33 heavy (non-hydrogen) atoms. The molecule has 176 valence electrons. The number of carbonyl (C=O) groups excluding carboxylic acids is 3. The summed E-state index contributed by atoms with van der Waals surface area (Å²) in [4.78, 5) is 39.3. The summed E-state index contributed by atoms with van der Waals surface area (Å²) in [6.45, 7) is 3.73. The lowest BCUT2D eigenvalue weighted by Crippen LogP contribution is -2.55. The smallest absolute Gasteiger partial charge is 0.303 e. The predicted octanol–water partition coefficient (Wildman–Crippen LogP) is 3.00. The Hall–Kier alpha value is -3.27. The first-order valence-corrected chi connectivity index (χ1v) is 11.2. The summed E-state index contributed by atoms with van der Waals surface area (Å²) < 4.78 is 27.5. The van der Waals surface area contributed by atoms with E-state index < -0.39 is 41.7 Å². The van der Waals surface area contributed by atoms with Gasteiger partial charge in [0.1, 0.15) is 11.5 Å². The van der Waals surface area contributed by atoms with Gasteiger partial charge in [-0.1, -0.05) is 12.1 Å². The SMILES string of the molecule is COc1cccc(-c2cncc(O[C@H]3SC[C@@H](OC(C)=O)[C@H](OC(C)=O)[C@H]3OC(C)=O)c2)c1. The number of hydrogen-bond acceptors (Lipinski definition) is 10. The summed E-state index contributed by atoms with van der Waals surface area (Å²) in [7, 11) is 1.59. The second-order valence-electron chi connectivity index (χ2n) is 7.26. The zero-order valence-electron chi connectivity index (χ0n) is 18.7. The van der Waals surface area contributed by atoms with Crippen molar-refractivity contribution in [3.8, 4) is 22.6 Å². The molecular weight excluding hydrogens is 450 g/mol. The highest BCUT2D eigenvalue weighted by molar-refractivity contribution is 7.99. The number of nitrogens with zero attached hydrogens (tertiary/aromatic N) is 1. The quantitative estimate of drug-likeness (QED) is 0.438. The number of aromatic nitrogens is 1. The van der Waals surface area contributed by atoms with E-state index in [1.54, 1.807) is 19.4 Å². The minimum absolute atomic E-state index is 0.281. The van der Waals surface area contributed by atoms with Gasteiger partial charge in [0.15, 0.2) is 23.7 Å². The maximum absolute atomic E-state index is 11.8. The van der Waals surface area contributed by atoms with Crippen LogP contribution in [0.15, 0.2) is 42.7 Å². The lowest BCUT2D eigenvalue weighted by Gasteiger charge is -2.39. The van der Waals surface area contributed by atoms with E-state index in [-0.39, 0.29) is 5.75 Å². The summed E-state index contributed by atoms with van der Waals surface area (Å²) in [6, 6.07) is 9.30. The van der Waals surface area contributed by atoms with Crippen molar-refractivity contribution < 1.29 is 38.1 Å². The summed E-state index contributed by atoms with van der Waals surface area (Å²) in [5, 5.41) is 0. The van der Waals surface area contributed by atoms with Gasteiger partial charge in [0.25, 0.3) is 0 Å². The molecule has 9 nitrogen and oxygen atoms in total. The highest BCUT2D eigenvalue weighted by Crippen LogP contribution is 2.35. The number of thioether (sulfide) groups is 1. The van der Waals surface area contributed by atoms with E-state index >= 15 is 0 Å². The van der Waals surface area contributed by atoms with Crippen LogP contribution in [0.2, 0.25) is 0 Å². The largest absolute Gasteiger partial charge is 0.497 e. The van der Waals surface area contributed by atoms with E-state index in [0.29, 0.717) is 11.5 Å². The standard InChI is InChI=1S/C23H25NO8S/c1-13(25)29-20-12-33-23(22(31-15(3)27)21(20)30-14(2)26)32-19-9-17(10-24-11-19)16-6-5-7-18(8-16)28-4/h5-11,20-23H,12H2,1-4H3/t20-,21+,22-,23+/m1/s1. The first kappa shape index (κ1) is 24.4. The zero-order chi connectivity index (χ0) is 24.0. The van der Waals surface area contributed by atoms with Crippen LogP contribution >= 0.6 is 11.8 Å². The van der Waals surface area contributed by atoms with Crippen LogP contribution in [0, 0.1) is 0 Å². The van der Waals surface area contributed by atoms with Gasteiger partial charge >= 0.3 is 17.9 Å². The van der Waals surface area contributed by atoms with Crippen LogP contribution in [0.3, 0.4) is 0 Å². The maximum atomic E-state index is 11.8. The van der Waals surface area contributed by atoms with Crippen molar-refractivity contribution in [1.29, 1.82) is 0 Å². The van der Waals surface area contributed by atoms with Crippen molar-refractivity contribution in [3.05, 3.63) is 42.7 Å². The Balaban J connectivity index is 1.87. The molecular formula is C23H25NO8S. The van der Waals surface area contributed by atoms with E-state index in [2.05, 4.69) is 4.98 Å². The van der Waals surface area contributed by atoms with E-state index in [9.17, 15) is 14.4 Å². The van der Waals surface area contributed by atoms with Gasteiger partial charge in [0.05, 0.1) is 13.3 Å².